The van der Waals surface area contributed by atoms with Crippen molar-refractivity contribution in [1.29, 1.82) is 0 Å². The standard InChI is InChI=1S/C31H38FN5O3/c1-4-22(38)8-6-5-7-9-28(31-34-18-29(37-31)24-12-10-21(32)14-20(24)17-33)36-30(39)16-25-19(2)35-27-13-11-23(40-3)15-26(25)27/h10-15,18,28,35,37H,4-9,16-17,33H2,1-3H3,(H,36,39)/q+1/t28-/m0/s1. The molecule has 0 bridgehead atoms. The zero-order chi connectivity index (χ0) is 28.6. The number of fused-ring (bicyclic) bond motifs is 1. The molecule has 0 aliphatic carbocycles. The molecule has 2 aromatic carbocycles. The van der Waals surface area contributed by atoms with E-state index in [9.17, 15) is 14.0 Å². The first-order valence-corrected chi connectivity index (χ1v) is 13.8. The van der Waals surface area contributed by atoms with E-state index in [4.69, 9.17) is 10.5 Å². The Balaban J connectivity index is 1.47. The van der Waals surface area contributed by atoms with Crippen LogP contribution in [0.3, 0.4) is 0 Å². The number of rotatable bonds is 14. The molecule has 9 heteroatoms. The molecule has 3 aromatic rings. The number of aliphatic imine (C=N–C) groups is 1. The van der Waals surface area contributed by atoms with Gasteiger partial charge in [-0.15, -0.1) is 0 Å². The van der Waals surface area contributed by atoms with E-state index in [1.807, 2.05) is 32.0 Å². The van der Waals surface area contributed by atoms with Crippen molar-refractivity contribution < 1.29 is 18.7 Å². The number of carbonyl (C=O) groups excluding carboxylic acids is 2. The normalized spacial score (nSPS) is 13.5. The number of aromatic nitrogens is 1. The number of benzene rings is 2. The summed E-state index contributed by atoms with van der Waals surface area (Å²) in [5, 5.41) is 7.46. The number of methoxy groups -OCH3 is 1. The van der Waals surface area contributed by atoms with Crippen LogP contribution in [0, 0.1) is 12.7 Å². The average Bonchev–Trinajstić information content (AvgIpc) is 3.56. The number of hydrogen-bond donors (Lipinski definition) is 4. The Labute approximate surface area is 234 Å². The van der Waals surface area contributed by atoms with E-state index in [0.29, 0.717) is 36.4 Å². The molecule has 0 saturated carbocycles. The minimum atomic E-state index is -0.357. The molecule has 0 spiro atoms. The molecular formula is C31H38FN5O3+. The summed E-state index contributed by atoms with van der Waals surface area (Å²) in [6.45, 7) is 4.03. The number of halogens is 1. The Morgan fingerprint density at radius 1 is 1.15 bits per heavy atom. The van der Waals surface area contributed by atoms with Gasteiger partial charge in [-0.05, 0) is 72.3 Å². The maximum atomic E-state index is 13.8. The molecule has 1 aliphatic heterocycles. The highest BCUT2D eigenvalue weighted by atomic mass is 19.1. The molecular weight excluding hydrogens is 509 g/mol. The van der Waals surface area contributed by atoms with Crippen LogP contribution in [0.4, 0.5) is 4.39 Å². The summed E-state index contributed by atoms with van der Waals surface area (Å²) in [5.41, 5.74) is 10.8. The molecule has 1 amide bonds. The van der Waals surface area contributed by atoms with Crippen molar-refractivity contribution in [1.82, 2.24) is 20.6 Å². The number of amidine groups is 1. The summed E-state index contributed by atoms with van der Waals surface area (Å²) in [4.78, 5) is 33.0. The predicted octanol–water partition coefficient (Wildman–Crippen LogP) is 4.38. The molecule has 1 aromatic heterocycles. The molecule has 1 aliphatic rings. The van der Waals surface area contributed by atoms with Gasteiger partial charge in [0, 0.05) is 41.5 Å². The van der Waals surface area contributed by atoms with Gasteiger partial charge in [-0.2, -0.15) is 0 Å². The number of aryl methyl sites for hydroxylation is 1. The lowest BCUT2D eigenvalue weighted by Gasteiger charge is -2.16. The van der Waals surface area contributed by atoms with Crippen LogP contribution in [0.1, 0.15) is 67.8 Å². The second-order valence-electron chi connectivity index (χ2n) is 10.1. The third kappa shape index (κ3) is 6.96. The van der Waals surface area contributed by atoms with Gasteiger partial charge in [0.25, 0.3) is 0 Å². The van der Waals surface area contributed by atoms with Crippen LogP contribution in [0.15, 0.2) is 42.6 Å². The van der Waals surface area contributed by atoms with Gasteiger partial charge in [-0.3, -0.25) is 9.59 Å². The number of nitrogens with zero attached hydrogens (tertiary/aromatic N) is 1. The van der Waals surface area contributed by atoms with E-state index in [2.05, 4.69) is 20.6 Å². The van der Waals surface area contributed by atoms with Crippen LogP contribution in [0.5, 0.6) is 5.75 Å². The number of hydrogen-bond acceptors (Lipinski definition) is 6. The minimum absolute atomic E-state index is 0.125. The number of carbonyl (C=O) groups is 2. The van der Waals surface area contributed by atoms with E-state index in [1.54, 1.807) is 19.4 Å². The SMILES string of the molecule is CCC(=O)CCCCC[C@H](NC(=O)Cc1c(C)[nH]c2ccc(OC)cc12)C1=[N+]C=C(c2ccc(F)cc2CN)N1. The second-order valence-corrected chi connectivity index (χ2v) is 10.1. The van der Waals surface area contributed by atoms with Crippen LogP contribution in [0.2, 0.25) is 0 Å². The zero-order valence-corrected chi connectivity index (χ0v) is 23.4. The fraction of sp³-hybridized carbons (Fsp3) is 0.387. The van der Waals surface area contributed by atoms with E-state index >= 15 is 0 Å². The molecule has 40 heavy (non-hydrogen) atoms. The lowest BCUT2D eigenvalue weighted by Crippen LogP contribution is -2.47. The third-order valence-electron chi connectivity index (χ3n) is 7.34. The molecule has 0 saturated heterocycles. The molecule has 5 N–H and O–H groups in total. The van der Waals surface area contributed by atoms with Gasteiger partial charge < -0.3 is 20.8 Å². The van der Waals surface area contributed by atoms with Gasteiger partial charge in [0.15, 0.2) is 11.9 Å². The lowest BCUT2D eigenvalue weighted by atomic mass is 10.0. The quantitative estimate of drug-likeness (QED) is 0.223. The van der Waals surface area contributed by atoms with Crippen molar-refractivity contribution in [2.45, 2.75) is 71.4 Å². The highest BCUT2D eigenvalue weighted by Crippen LogP contribution is 2.27. The van der Waals surface area contributed by atoms with Gasteiger partial charge in [-0.25, -0.2) is 9.71 Å². The summed E-state index contributed by atoms with van der Waals surface area (Å²) < 4.78 is 19.2. The van der Waals surface area contributed by atoms with Crippen molar-refractivity contribution in [2.24, 2.45) is 5.73 Å². The van der Waals surface area contributed by atoms with E-state index in [-0.39, 0.29) is 36.5 Å². The largest absolute Gasteiger partial charge is 0.497 e. The summed E-state index contributed by atoms with van der Waals surface area (Å²) in [5.74, 6) is 1.15. The zero-order valence-electron chi connectivity index (χ0n) is 23.4. The highest BCUT2D eigenvalue weighted by Gasteiger charge is 2.32. The summed E-state index contributed by atoms with van der Waals surface area (Å²) in [6, 6.07) is 9.91. The van der Waals surface area contributed by atoms with Crippen LogP contribution in [-0.4, -0.2) is 35.7 Å². The third-order valence-corrected chi connectivity index (χ3v) is 7.34. The minimum Gasteiger partial charge on any atom is -0.497 e. The van der Waals surface area contributed by atoms with Gasteiger partial charge in [0.2, 0.25) is 5.91 Å². The molecule has 1 atom stereocenters. The molecule has 0 fully saturated rings. The molecule has 211 valence electrons. The van der Waals surface area contributed by atoms with Gasteiger partial charge in [-0.1, -0.05) is 19.8 Å². The van der Waals surface area contributed by atoms with Crippen molar-refractivity contribution in [2.75, 3.05) is 7.11 Å². The first kappa shape index (κ1) is 29.0. The second kappa shape index (κ2) is 13.4. The van der Waals surface area contributed by atoms with Crippen molar-refractivity contribution >= 4 is 34.1 Å². The first-order chi connectivity index (χ1) is 19.3. The molecule has 2 heterocycles. The maximum Gasteiger partial charge on any atom is 0.319 e. The monoisotopic (exact) mass is 547 g/mol. The summed E-state index contributed by atoms with van der Waals surface area (Å²) >= 11 is 0. The number of unbranched alkanes of at least 4 members (excludes halogenated alkanes) is 2. The Hall–Kier alpha value is -3.98. The summed E-state index contributed by atoms with van der Waals surface area (Å²) in [7, 11) is 1.62. The van der Waals surface area contributed by atoms with Crippen LogP contribution in [-0.2, 0) is 22.6 Å². The molecule has 1 radical (unpaired) electrons. The Kier molecular flexibility index (Phi) is 9.71. The van der Waals surface area contributed by atoms with E-state index in [1.165, 1.54) is 12.1 Å². The number of nitrogens with one attached hydrogen (secondary N) is 3. The summed E-state index contributed by atoms with van der Waals surface area (Å²) in [6.07, 6.45) is 6.21. The van der Waals surface area contributed by atoms with E-state index in [0.717, 1.165) is 52.7 Å². The van der Waals surface area contributed by atoms with Crippen LogP contribution >= 0.6 is 0 Å². The predicted molar refractivity (Wildman–Crippen MR) is 156 cm³/mol. The number of nitrogens with two attached hydrogens (primary N) is 1. The van der Waals surface area contributed by atoms with Crippen LogP contribution in [0.25, 0.3) is 16.6 Å². The van der Waals surface area contributed by atoms with Crippen LogP contribution < -0.4 is 26.1 Å². The lowest BCUT2D eigenvalue weighted by molar-refractivity contribution is -0.121. The maximum absolute atomic E-state index is 13.8. The van der Waals surface area contributed by atoms with Crippen molar-refractivity contribution in [3.63, 3.8) is 0 Å². The number of aromatic amines is 1. The van der Waals surface area contributed by atoms with Crippen molar-refractivity contribution in [3.8, 4) is 5.75 Å². The van der Waals surface area contributed by atoms with Gasteiger partial charge in [0.1, 0.15) is 23.4 Å². The average molecular weight is 548 g/mol. The number of amides is 1. The molecule has 8 nitrogen and oxygen atoms in total. The highest BCUT2D eigenvalue weighted by molar-refractivity contribution is 6.00. The topological polar surface area (TPSA) is 123 Å². The molecule has 0 unspecified atom stereocenters. The Morgan fingerprint density at radius 3 is 2.73 bits per heavy atom. The number of ketones is 1. The molecule has 4 rings (SSSR count). The fourth-order valence-corrected chi connectivity index (χ4v) is 5.07. The smallest absolute Gasteiger partial charge is 0.319 e. The fourth-order valence-electron chi connectivity index (χ4n) is 5.07. The van der Waals surface area contributed by atoms with Gasteiger partial charge in [0.05, 0.1) is 13.5 Å². The Bertz CT molecular complexity index is 1440. The van der Waals surface area contributed by atoms with E-state index < -0.39 is 0 Å². The van der Waals surface area contributed by atoms with Gasteiger partial charge >= 0.3 is 5.84 Å². The first-order valence-electron chi connectivity index (χ1n) is 13.8. The number of ether oxygens (including phenoxy) is 1. The number of Topliss-reactive ketones (excluding diaryl/α,β-unsaturated/α-hetero) is 1. The number of H-pyrrole nitrogens is 1. The Morgan fingerprint density at radius 2 is 1.98 bits per heavy atom. The van der Waals surface area contributed by atoms with Crippen molar-refractivity contribution in [3.05, 3.63) is 70.8 Å².